The molecule has 1 amide bonds. The van der Waals surface area contributed by atoms with Crippen LogP contribution in [-0.2, 0) is 4.79 Å². The highest BCUT2D eigenvalue weighted by molar-refractivity contribution is 5.76. The van der Waals surface area contributed by atoms with Gasteiger partial charge >= 0.3 is 0 Å². The molecule has 1 fully saturated rings. The van der Waals surface area contributed by atoms with E-state index in [1.165, 1.54) is 11.1 Å². The molecule has 0 aliphatic carbocycles. The maximum Gasteiger partial charge on any atom is 0.226 e. The van der Waals surface area contributed by atoms with Gasteiger partial charge < -0.3 is 14.7 Å². The minimum Gasteiger partial charge on any atom is -0.504 e. The summed E-state index contributed by atoms with van der Waals surface area (Å²) in [6.45, 7) is 10.2. The van der Waals surface area contributed by atoms with Crippen molar-refractivity contribution in [3.63, 3.8) is 0 Å². The number of para-hydroxylation sites is 2. The van der Waals surface area contributed by atoms with E-state index in [0.29, 0.717) is 24.1 Å². The van der Waals surface area contributed by atoms with Crippen LogP contribution in [0.4, 0.5) is 0 Å². The fraction of sp³-hybridized carbons (Fsp3) is 0.458. The van der Waals surface area contributed by atoms with E-state index < -0.39 is 0 Å². The first kappa shape index (κ1) is 21.2. The number of phenols is 1. The summed E-state index contributed by atoms with van der Waals surface area (Å²) in [5.41, 5.74) is 2.69. The molecule has 2 aromatic carbocycles. The molecular formula is C24H32N2O3. The molecule has 1 aliphatic heterocycles. The van der Waals surface area contributed by atoms with Crippen LogP contribution in [0.15, 0.2) is 48.5 Å². The van der Waals surface area contributed by atoms with Gasteiger partial charge in [-0.3, -0.25) is 9.69 Å². The lowest BCUT2D eigenvalue weighted by Crippen LogP contribution is -2.49. The molecule has 0 radical (unpaired) electrons. The summed E-state index contributed by atoms with van der Waals surface area (Å²) in [5.74, 6) is 1.17. The van der Waals surface area contributed by atoms with E-state index in [2.05, 4.69) is 49.9 Å². The van der Waals surface area contributed by atoms with Gasteiger partial charge in [-0.05, 0) is 36.1 Å². The maximum atomic E-state index is 12.5. The predicted octanol–water partition coefficient (Wildman–Crippen LogP) is 4.19. The Labute approximate surface area is 173 Å². The molecule has 156 valence electrons. The largest absolute Gasteiger partial charge is 0.504 e. The van der Waals surface area contributed by atoms with E-state index in [4.69, 9.17) is 4.74 Å². The number of carbonyl (C=O) groups excluding carboxylic acids is 1. The zero-order valence-electron chi connectivity index (χ0n) is 17.7. The number of phenolic OH excluding ortho intramolecular Hbond substituents is 1. The van der Waals surface area contributed by atoms with Crippen molar-refractivity contribution in [3.8, 4) is 11.5 Å². The van der Waals surface area contributed by atoms with E-state index in [-0.39, 0.29) is 18.3 Å². The van der Waals surface area contributed by atoms with Crippen molar-refractivity contribution >= 4 is 5.91 Å². The monoisotopic (exact) mass is 396 g/mol. The first-order valence-electron chi connectivity index (χ1n) is 10.5. The summed E-state index contributed by atoms with van der Waals surface area (Å²) in [4.78, 5) is 16.8. The first-order chi connectivity index (χ1) is 14.0. The molecule has 2 aromatic rings. The van der Waals surface area contributed by atoms with Gasteiger partial charge in [-0.25, -0.2) is 0 Å². The Morgan fingerprint density at radius 1 is 0.966 bits per heavy atom. The summed E-state index contributed by atoms with van der Waals surface area (Å²) in [7, 11) is 0. The van der Waals surface area contributed by atoms with Gasteiger partial charge in [0, 0.05) is 32.2 Å². The normalized spacial score (nSPS) is 16.1. The fourth-order valence-corrected chi connectivity index (χ4v) is 3.71. The van der Waals surface area contributed by atoms with E-state index in [1.54, 1.807) is 24.3 Å². The molecule has 0 saturated carbocycles. The number of benzene rings is 2. The van der Waals surface area contributed by atoms with Gasteiger partial charge in [-0.1, -0.05) is 50.2 Å². The summed E-state index contributed by atoms with van der Waals surface area (Å²) >= 11 is 0. The van der Waals surface area contributed by atoms with Crippen molar-refractivity contribution in [2.24, 2.45) is 0 Å². The minimum absolute atomic E-state index is 0.101. The van der Waals surface area contributed by atoms with Gasteiger partial charge in [-0.15, -0.1) is 0 Å². The number of rotatable bonds is 7. The Balaban J connectivity index is 1.44. The van der Waals surface area contributed by atoms with Crippen LogP contribution in [0, 0.1) is 0 Å². The summed E-state index contributed by atoms with van der Waals surface area (Å²) < 4.78 is 5.53. The zero-order chi connectivity index (χ0) is 20.8. The average molecular weight is 397 g/mol. The van der Waals surface area contributed by atoms with Crippen LogP contribution in [0.25, 0.3) is 0 Å². The van der Waals surface area contributed by atoms with Crippen molar-refractivity contribution in [1.29, 1.82) is 0 Å². The zero-order valence-corrected chi connectivity index (χ0v) is 17.7. The van der Waals surface area contributed by atoms with E-state index in [0.717, 1.165) is 26.2 Å². The van der Waals surface area contributed by atoms with Gasteiger partial charge in [0.05, 0.1) is 13.0 Å². The molecule has 1 heterocycles. The Morgan fingerprint density at radius 2 is 1.59 bits per heavy atom. The molecule has 1 aliphatic rings. The molecule has 0 aromatic heterocycles. The van der Waals surface area contributed by atoms with Gasteiger partial charge in [0.2, 0.25) is 5.91 Å². The van der Waals surface area contributed by atoms with E-state index >= 15 is 0 Å². The topological polar surface area (TPSA) is 53.0 Å². The van der Waals surface area contributed by atoms with Crippen LogP contribution >= 0.6 is 0 Å². The second-order valence-electron chi connectivity index (χ2n) is 7.98. The highest BCUT2D eigenvalue weighted by atomic mass is 16.5. The number of nitrogens with zero attached hydrogens (tertiary/aromatic N) is 2. The van der Waals surface area contributed by atoms with Crippen molar-refractivity contribution in [1.82, 2.24) is 9.80 Å². The molecule has 1 atom stereocenters. The van der Waals surface area contributed by atoms with Gasteiger partial charge in [0.15, 0.2) is 11.5 Å². The Bertz CT molecular complexity index is 796. The molecule has 1 saturated heterocycles. The highest BCUT2D eigenvalue weighted by Gasteiger charge is 2.24. The molecule has 3 rings (SSSR count). The van der Waals surface area contributed by atoms with E-state index in [1.807, 2.05) is 4.90 Å². The lowest BCUT2D eigenvalue weighted by Gasteiger charge is -2.38. The SMILES string of the molecule is CC(C)c1ccc(C(C)N2CCN(C(=O)CCOc3ccccc3O)CC2)cc1. The number of hydrogen-bond acceptors (Lipinski definition) is 4. The van der Waals surface area contributed by atoms with Crippen LogP contribution in [0.5, 0.6) is 11.5 Å². The number of ether oxygens (including phenoxy) is 1. The molecule has 0 bridgehead atoms. The van der Waals surface area contributed by atoms with Crippen molar-refractivity contribution in [2.75, 3.05) is 32.8 Å². The quantitative estimate of drug-likeness (QED) is 0.762. The molecule has 5 heteroatoms. The highest BCUT2D eigenvalue weighted by Crippen LogP contribution is 2.25. The molecule has 1 N–H and O–H groups in total. The number of hydrogen-bond donors (Lipinski definition) is 1. The molecular weight excluding hydrogens is 364 g/mol. The lowest BCUT2D eigenvalue weighted by atomic mass is 9.99. The predicted molar refractivity (Wildman–Crippen MR) is 115 cm³/mol. The molecule has 5 nitrogen and oxygen atoms in total. The van der Waals surface area contributed by atoms with Crippen molar-refractivity contribution in [3.05, 3.63) is 59.7 Å². The van der Waals surface area contributed by atoms with Crippen LogP contribution in [0.1, 0.15) is 50.3 Å². The smallest absolute Gasteiger partial charge is 0.226 e. The van der Waals surface area contributed by atoms with Crippen LogP contribution in [0.3, 0.4) is 0 Å². The van der Waals surface area contributed by atoms with Crippen LogP contribution in [-0.4, -0.2) is 53.6 Å². The van der Waals surface area contributed by atoms with Gasteiger partial charge in [-0.2, -0.15) is 0 Å². The molecule has 0 spiro atoms. The minimum atomic E-state index is 0.101. The van der Waals surface area contributed by atoms with E-state index in [9.17, 15) is 9.90 Å². The van der Waals surface area contributed by atoms with Crippen molar-refractivity contribution < 1.29 is 14.6 Å². The Morgan fingerprint density at radius 3 is 2.21 bits per heavy atom. The lowest BCUT2D eigenvalue weighted by molar-refractivity contribution is -0.133. The third-order valence-corrected chi connectivity index (χ3v) is 5.74. The Kier molecular flexibility index (Phi) is 7.15. The van der Waals surface area contributed by atoms with Gasteiger partial charge in [0.1, 0.15) is 0 Å². The maximum absolute atomic E-state index is 12.5. The van der Waals surface area contributed by atoms with Gasteiger partial charge in [0.25, 0.3) is 0 Å². The fourth-order valence-electron chi connectivity index (χ4n) is 3.71. The third-order valence-electron chi connectivity index (χ3n) is 5.74. The Hall–Kier alpha value is -2.53. The van der Waals surface area contributed by atoms with Crippen molar-refractivity contribution in [2.45, 2.75) is 39.2 Å². The molecule has 1 unspecified atom stereocenters. The third kappa shape index (κ3) is 5.51. The first-order valence-corrected chi connectivity index (χ1v) is 10.5. The number of aromatic hydroxyl groups is 1. The second kappa shape index (κ2) is 9.79. The summed E-state index contributed by atoms with van der Waals surface area (Å²) in [6, 6.07) is 16.1. The summed E-state index contributed by atoms with van der Waals surface area (Å²) in [5, 5.41) is 9.72. The second-order valence-corrected chi connectivity index (χ2v) is 7.98. The number of carbonyl (C=O) groups is 1. The standard InChI is InChI=1S/C24H32N2O3/c1-18(2)20-8-10-21(11-9-20)19(3)25-13-15-26(16-14-25)24(28)12-17-29-23-7-5-4-6-22(23)27/h4-11,18-19,27H,12-17H2,1-3H3. The van der Waals surface area contributed by atoms with Crippen LogP contribution < -0.4 is 4.74 Å². The van der Waals surface area contributed by atoms with Crippen LogP contribution in [0.2, 0.25) is 0 Å². The molecule has 29 heavy (non-hydrogen) atoms. The summed E-state index contributed by atoms with van der Waals surface area (Å²) in [6.07, 6.45) is 0.320. The number of piperazine rings is 1. The average Bonchev–Trinajstić information content (AvgIpc) is 2.74. The number of amides is 1.